The molecule has 2 aromatic carbocycles. The van der Waals surface area contributed by atoms with Crippen molar-refractivity contribution in [3.8, 4) is 11.1 Å². The average Bonchev–Trinajstić information content (AvgIpc) is 2.38. The summed E-state index contributed by atoms with van der Waals surface area (Å²) >= 11 is 21.3. The highest BCUT2D eigenvalue weighted by atomic mass is 79.9. The van der Waals surface area contributed by atoms with E-state index in [-0.39, 0.29) is 0 Å². The number of alkyl halides is 1. The molecule has 0 saturated carbocycles. The van der Waals surface area contributed by atoms with Gasteiger partial charge in [0, 0.05) is 27.7 Å². The van der Waals surface area contributed by atoms with E-state index >= 15 is 0 Å². The number of benzene rings is 2. The normalized spacial score (nSPS) is 10.8. The summed E-state index contributed by atoms with van der Waals surface area (Å²) in [6.45, 7) is 0. The molecule has 6 heteroatoms. The summed E-state index contributed by atoms with van der Waals surface area (Å²) in [4.78, 5) is 0. The molecular formula is C13H6Br6. The summed E-state index contributed by atoms with van der Waals surface area (Å²) in [6, 6.07) is 8.48. The monoisotopic (exact) mass is 636 g/mol. The van der Waals surface area contributed by atoms with Crippen LogP contribution in [0.1, 0.15) is 5.56 Å². The zero-order valence-electron chi connectivity index (χ0n) is 9.28. The van der Waals surface area contributed by atoms with E-state index in [2.05, 4.69) is 120 Å². The quantitative estimate of drug-likeness (QED) is 0.230. The van der Waals surface area contributed by atoms with Gasteiger partial charge in [-0.1, -0.05) is 15.9 Å². The van der Waals surface area contributed by atoms with Crippen molar-refractivity contribution in [2.75, 3.05) is 0 Å². The molecule has 0 amide bonds. The van der Waals surface area contributed by atoms with Gasteiger partial charge >= 0.3 is 0 Å². The van der Waals surface area contributed by atoms with Crippen LogP contribution in [0.5, 0.6) is 0 Å². The van der Waals surface area contributed by atoms with Gasteiger partial charge in [0.05, 0.1) is 0 Å². The van der Waals surface area contributed by atoms with Crippen LogP contribution in [-0.2, 0) is 5.33 Å². The third-order valence-electron chi connectivity index (χ3n) is 2.56. The first-order valence-electron chi connectivity index (χ1n) is 5.13. The Morgan fingerprint density at radius 3 is 1.53 bits per heavy atom. The first kappa shape index (κ1) is 16.7. The van der Waals surface area contributed by atoms with Crippen molar-refractivity contribution in [3.05, 3.63) is 52.2 Å². The SMILES string of the molecule is BrCc1cc(-c2cc(Br)c(Br)c(Br)c2)cc(Br)c1Br. The molecule has 2 rings (SSSR count). The number of hydrogen-bond donors (Lipinski definition) is 0. The Kier molecular flexibility index (Phi) is 6.19. The highest BCUT2D eigenvalue weighted by Gasteiger charge is 2.10. The van der Waals surface area contributed by atoms with Crippen LogP contribution in [0.2, 0.25) is 0 Å². The standard InChI is InChI=1S/C13H6Br6/c14-5-8-1-6(2-9(15)12(8)18)7-3-10(16)13(19)11(17)4-7/h1-4H,5H2. The Morgan fingerprint density at radius 2 is 1.05 bits per heavy atom. The van der Waals surface area contributed by atoms with Crippen molar-refractivity contribution in [1.82, 2.24) is 0 Å². The van der Waals surface area contributed by atoms with E-state index in [1.54, 1.807) is 0 Å². The molecule has 0 saturated heterocycles. The second kappa shape index (κ2) is 7.05. The van der Waals surface area contributed by atoms with Crippen LogP contribution >= 0.6 is 95.6 Å². The molecule has 19 heavy (non-hydrogen) atoms. The van der Waals surface area contributed by atoms with Crippen LogP contribution in [0, 0.1) is 0 Å². The third kappa shape index (κ3) is 3.75. The zero-order valence-corrected chi connectivity index (χ0v) is 18.8. The van der Waals surface area contributed by atoms with Gasteiger partial charge in [-0.05, 0) is 121 Å². The lowest BCUT2D eigenvalue weighted by Crippen LogP contribution is -1.87. The predicted octanol–water partition coefficient (Wildman–Crippen LogP) is 8.06. The molecule has 0 atom stereocenters. The fourth-order valence-electron chi connectivity index (χ4n) is 1.63. The second-order valence-electron chi connectivity index (χ2n) is 3.82. The van der Waals surface area contributed by atoms with Crippen molar-refractivity contribution in [2.45, 2.75) is 5.33 Å². The predicted molar refractivity (Wildman–Crippen MR) is 103 cm³/mol. The van der Waals surface area contributed by atoms with Crippen LogP contribution in [0.4, 0.5) is 0 Å². The van der Waals surface area contributed by atoms with Gasteiger partial charge in [0.25, 0.3) is 0 Å². The van der Waals surface area contributed by atoms with Crippen LogP contribution in [0.15, 0.2) is 46.6 Å². The lowest BCUT2D eigenvalue weighted by molar-refractivity contribution is 1.37. The molecular weight excluding hydrogens is 636 g/mol. The van der Waals surface area contributed by atoms with Crippen LogP contribution in [0.25, 0.3) is 11.1 Å². The zero-order chi connectivity index (χ0) is 14.2. The van der Waals surface area contributed by atoms with Crippen molar-refractivity contribution in [3.63, 3.8) is 0 Å². The third-order valence-corrected chi connectivity index (χ3v) is 8.43. The fourth-order valence-corrected chi connectivity index (χ4v) is 4.74. The highest BCUT2D eigenvalue weighted by molar-refractivity contribution is 9.14. The minimum Gasteiger partial charge on any atom is -0.0876 e. The Balaban J connectivity index is 2.62. The lowest BCUT2D eigenvalue weighted by Gasteiger charge is -2.10. The van der Waals surface area contributed by atoms with Crippen molar-refractivity contribution in [1.29, 1.82) is 0 Å². The molecule has 0 nitrogen and oxygen atoms in total. The molecule has 0 radical (unpaired) electrons. The Morgan fingerprint density at radius 1 is 0.632 bits per heavy atom. The van der Waals surface area contributed by atoms with E-state index in [9.17, 15) is 0 Å². The fraction of sp³-hybridized carbons (Fsp3) is 0.0769. The largest absolute Gasteiger partial charge is 0.0876 e. The van der Waals surface area contributed by atoms with E-state index in [0.717, 1.165) is 33.3 Å². The molecule has 2 aromatic rings. The summed E-state index contributed by atoms with van der Waals surface area (Å²) in [5, 5.41) is 0.804. The van der Waals surface area contributed by atoms with Crippen LogP contribution < -0.4 is 0 Å². The van der Waals surface area contributed by atoms with Crippen molar-refractivity contribution in [2.24, 2.45) is 0 Å². The van der Waals surface area contributed by atoms with E-state index in [1.165, 1.54) is 11.1 Å². The molecule has 0 N–H and O–H groups in total. The second-order valence-corrected chi connectivity index (χ2v) is 8.53. The highest BCUT2D eigenvalue weighted by Crippen LogP contribution is 2.38. The summed E-state index contributed by atoms with van der Waals surface area (Å²) in [5.74, 6) is 0. The van der Waals surface area contributed by atoms with Crippen LogP contribution in [0.3, 0.4) is 0 Å². The first-order chi connectivity index (χ1) is 8.93. The van der Waals surface area contributed by atoms with E-state index in [4.69, 9.17) is 0 Å². The topological polar surface area (TPSA) is 0 Å². The van der Waals surface area contributed by atoms with E-state index in [0.29, 0.717) is 0 Å². The van der Waals surface area contributed by atoms with Crippen molar-refractivity contribution >= 4 is 95.6 Å². The molecule has 0 aliphatic rings. The molecule has 0 spiro atoms. The molecule has 0 bridgehead atoms. The van der Waals surface area contributed by atoms with E-state index < -0.39 is 0 Å². The summed E-state index contributed by atoms with van der Waals surface area (Å²) in [7, 11) is 0. The molecule has 0 unspecified atom stereocenters. The van der Waals surface area contributed by atoms with Gasteiger partial charge in [-0.15, -0.1) is 0 Å². The van der Waals surface area contributed by atoms with Gasteiger partial charge in [-0.25, -0.2) is 0 Å². The van der Waals surface area contributed by atoms with Crippen molar-refractivity contribution < 1.29 is 0 Å². The van der Waals surface area contributed by atoms with Crippen LogP contribution in [-0.4, -0.2) is 0 Å². The minimum atomic E-state index is 0.804. The number of rotatable bonds is 2. The maximum absolute atomic E-state index is 3.59. The Hall–Kier alpha value is 1.32. The minimum absolute atomic E-state index is 0.804. The average molecular weight is 642 g/mol. The number of halogens is 6. The molecule has 0 heterocycles. The maximum Gasteiger partial charge on any atom is 0.0459 e. The van der Waals surface area contributed by atoms with Gasteiger partial charge in [-0.2, -0.15) is 0 Å². The van der Waals surface area contributed by atoms with Gasteiger partial charge in [-0.3, -0.25) is 0 Å². The van der Waals surface area contributed by atoms with Gasteiger partial charge in [0.15, 0.2) is 0 Å². The first-order valence-corrected chi connectivity index (χ1v) is 10.2. The Labute approximate surface area is 162 Å². The maximum atomic E-state index is 3.59. The van der Waals surface area contributed by atoms with Gasteiger partial charge < -0.3 is 0 Å². The molecule has 0 aromatic heterocycles. The molecule has 100 valence electrons. The number of hydrogen-bond acceptors (Lipinski definition) is 0. The summed E-state index contributed by atoms with van der Waals surface area (Å²) in [5.41, 5.74) is 3.52. The molecule has 0 aliphatic heterocycles. The lowest BCUT2D eigenvalue weighted by atomic mass is 10.0. The smallest absolute Gasteiger partial charge is 0.0459 e. The summed E-state index contributed by atoms with van der Waals surface area (Å²) < 4.78 is 5.21. The van der Waals surface area contributed by atoms with Gasteiger partial charge in [0.1, 0.15) is 0 Å². The molecule has 0 fully saturated rings. The van der Waals surface area contributed by atoms with Gasteiger partial charge in [0.2, 0.25) is 0 Å². The molecule has 0 aliphatic carbocycles. The Bertz CT molecular complexity index is 612. The van der Waals surface area contributed by atoms with E-state index in [1.807, 2.05) is 0 Å². The summed E-state index contributed by atoms with van der Waals surface area (Å²) in [6.07, 6.45) is 0.